The van der Waals surface area contributed by atoms with Gasteiger partial charge in [0.2, 0.25) is 0 Å². The molecule has 0 spiro atoms. The molecule has 0 radical (unpaired) electrons. The van der Waals surface area contributed by atoms with Crippen LogP contribution in [0.4, 0.5) is 0 Å². The second-order valence-electron chi connectivity index (χ2n) is 5.78. The molecule has 3 heteroatoms. The zero-order valence-electron chi connectivity index (χ0n) is 11.8. The van der Waals surface area contributed by atoms with Gasteiger partial charge in [0.05, 0.1) is 6.10 Å². The molecule has 3 N–H and O–H groups in total. The minimum absolute atomic E-state index is 0.0473. The van der Waals surface area contributed by atoms with Gasteiger partial charge in [-0.15, -0.1) is 0 Å². The Bertz CT molecular complexity index is 371. The Labute approximate surface area is 110 Å². The van der Waals surface area contributed by atoms with E-state index in [1.165, 1.54) is 5.56 Å². The van der Waals surface area contributed by atoms with E-state index in [0.717, 1.165) is 5.56 Å². The molecule has 102 valence electrons. The summed E-state index contributed by atoms with van der Waals surface area (Å²) in [7, 11) is 1.83. The molecule has 2 unspecified atom stereocenters. The van der Waals surface area contributed by atoms with Crippen LogP contribution in [-0.2, 0) is 5.41 Å². The largest absolute Gasteiger partial charge is 0.390 e. The van der Waals surface area contributed by atoms with E-state index >= 15 is 0 Å². The Morgan fingerprint density at radius 3 is 2.44 bits per heavy atom. The lowest BCUT2D eigenvalue weighted by Crippen LogP contribution is -2.23. The van der Waals surface area contributed by atoms with Crippen molar-refractivity contribution in [2.75, 3.05) is 13.6 Å². The van der Waals surface area contributed by atoms with E-state index in [1.54, 1.807) is 0 Å². The molecule has 0 aliphatic rings. The zero-order chi connectivity index (χ0) is 13.8. The van der Waals surface area contributed by atoms with Crippen molar-refractivity contribution in [3.63, 3.8) is 0 Å². The van der Waals surface area contributed by atoms with E-state index in [1.807, 2.05) is 25.2 Å². The molecule has 0 saturated carbocycles. The van der Waals surface area contributed by atoms with E-state index in [2.05, 4.69) is 32.2 Å². The maximum Gasteiger partial charge on any atom is 0.105 e. The molecular formula is C15H25NO2. The predicted molar refractivity (Wildman–Crippen MR) is 74.7 cm³/mol. The van der Waals surface area contributed by atoms with Crippen LogP contribution >= 0.6 is 0 Å². The van der Waals surface area contributed by atoms with Crippen molar-refractivity contribution in [1.82, 2.24) is 5.32 Å². The molecule has 0 aromatic heterocycles. The Morgan fingerprint density at radius 1 is 1.22 bits per heavy atom. The first-order valence-electron chi connectivity index (χ1n) is 6.47. The van der Waals surface area contributed by atoms with Gasteiger partial charge in [-0.2, -0.15) is 0 Å². The third-order valence-corrected chi connectivity index (χ3v) is 3.15. The molecule has 1 rings (SSSR count). The second-order valence-corrected chi connectivity index (χ2v) is 5.78. The molecule has 0 heterocycles. The van der Waals surface area contributed by atoms with E-state index < -0.39 is 12.2 Å². The summed E-state index contributed by atoms with van der Waals surface area (Å²) in [6.45, 7) is 7.10. The minimum atomic E-state index is -0.819. The summed E-state index contributed by atoms with van der Waals surface area (Å²) in [6.07, 6.45) is -1.01. The Morgan fingerprint density at radius 2 is 1.89 bits per heavy atom. The summed E-state index contributed by atoms with van der Waals surface area (Å²) >= 11 is 0. The normalized spacial score (nSPS) is 15.4. The van der Waals surface area contributed by atoms with E-state index in [9.17, 15) is 10.2 Å². The SMILES string of the molecule is CNCCC(O)C(O)c1cccc(C(C)(C)C)c1. The topological polar surface area (TPSA) is 52.5 Å². The number of rotatable bonds is 5. The van der Waals surface area contributed by atoms with Gasteiger partial charge in [0.25, 0.3) is 0 Å². The number of aliphatic hydroxyl groups excluding tert-OH is 2. The monoisotopic (exact) mass is 251 g/mol. The highest BCUT2D eigenvalue weighted by molar-refractivity contribution is 5.30. The molecule has 2 atom stereocenters. The van der Waals surface area contributed by atoms with Crippen molar-refractivity contribution in [1.29, 1.82) is 0 Å². The van der Waals surface area contributed by atoms with E-state index in [-0.39, 0.29) is 5.41 Å². The van der Waals surface area contributed by atoms with E-state index in [0.29, 0.717) is 13.0 Å². The second kappa shape index (κ2) is 6.32. The van der Waals surface area contributed by atoms with Crippen molar-refractivity contribution >= 4 is 0 Å². The van der Waals surface area contributed by atoms with Gasteiger partial charge in [-0.25, -0.2) is 0 Å². The van der Waals surface area contributed by atoms with Gasteiger partial charge in [-0.1, -0.05) is 45.0 Å². The minimum Gasteiger partial charge on any atom is -0.390 e. The van der Waals surface area contributed by atoms with Crippen LogP contribution in [0.1, 0.15) is 44.4 Å². The van der Waals surface area contributed by atoms with Crippen LogP contribution in [0.5, 0.6) is 0 Å². The van der Waals surface area contributed by atoms with Gasteiger partial charge in [-0.05, 0) is 36.6 Å². The summed E-state index contributed by atoms with van der Waals surface area (Å²) in [5, 5.41) is 23.0. The zero-order valence-corrected chi connectivity index (χ0v) is 11.8. The summed E-state index contributed by atoms with van der Waals surface area (Å²) in [5.74, 6) is 0. The summed E-state index contributed by atoms with van der Waals surface area (Å²) < 4.78 is 0. The smallest absolute Gasteiger partial charge is 0.105 e. The molecule has 3 nitrogen and oxygen atoms in total. The Balaban J connectivity index is 2.83. The van der Waals surface area contributed by atoms with Crippen LogP contribution in [0.3, 0.4) is 0 Å². The number of hydrogen-bond acceptors (Lipinski definition) is 3. The summed E-state index contributed by atoms with van der Waals surface area (Å²) in [4.78, 5) is 0. The van der Waals surface area contributed by atoms with Crippen molar-refractivity contribution in [2.45, 2.75) is 44.8 Å². The van der Waals surface area contributed by atoms with Crippen LogP contribution in [-0.4, -0.2) is 29.9 Å². The maximum atomic E-state index is 10.1. The fourth-order valence-electron chi connectivity index (χ4n) is 1.86. The Kier molecular flexibility index (Phi) is 5.32. The predicted octanol–water partition coefficient (Wildman–Crippen LogP) is 1.99. The average Bonchev–Trinajstić information content (AvgIpc) is 2.34. The van der Waals surface area contributed by atoms with E-state index in [4.69, 9.17) is 0 Å². The number of nitrogens with one attached hydrogen (secondary N) is 1. The molecule has 0 bridgehead atoms. The molecule has 1 aromatic carbocycles. The highest BCUT2D eigenvalue weighted by Gasteiger charge is 2.20. The maximum absolute atomic E-state index is 10.1. The van der Waals surface area contributed by atoms with Crippen LogP contribution in [0.2, 0.25) is 0 Å². The standard InChI is InChI=1S/C15H25NO2/c1-15(2,3)12-7-5-6-11(10-12)14(18)13(17)8-9-16-4/h5-7,10,13-14,16-18H,8-9H2,1-4H3. The third-order valence-electron chi connectivity index (χ3n) is 3.15. The van der Waals surface area contributed by atoms with Gasteiger partial charge in [0, 0.05) is 0 Å². The van der Waals surface area contributed by atoms with Crippen LogP contribution in [0, 0.1) is 0 Å². The van der Waals surface area contributed by atoms with Crippen LogP contribution in [0.15, 0.2) is 24.3 Å². The number of aliphatic hydroxyl groups is 2. The lowest BCUT2D eigenvalue weighted by Gasteiger charge is -2.23. The average molecular weight is 251 g/mol. The van der Waals surface area contributed by atoms with Gasteiger partial charge >= 0.3 is 0 Å². The molecule has 1 aromatic rings. The van der Waals surface area contributed by atoms with Gasteiger partial charge in [0.15, 0.2) is 0 Å². The van der Waals surface area contributed by atoms with Crippen molar-refractivity contribution in [2.24, 2.45) is 0 Å². The number of hydrogen-bond donors (Lipinski definition) is 3. The fraction of sp³-hybridized carbons (Fsp3) is 0.600. The molecule has 18 heavy (non-hydrogen) atoms. The Hall–Kier alpha value is -0.900. The van der Waals surface area contributed by atoms with Crippen LogP contribution in [0.25, 0.3) is 0 Å². The van der Waals surface area contributed by atoms with Gasteiger partial charge in [0.1, 0.15) is 6.10 Å². The van der Waals surface area contributed by atoms with Crippen molar-refractivity contribution in [3.05, 3.63) is 35.4 Å². The van der Waals surface area contributed by atoms with Crippen molar-refractivity contribution < 1.29 is 10.2 Å². The quantitative estimate of drug-likeness (QED) is 0.750. The van der Waals surface area contributed by atoms with Crippen LogP contribution < -0.4 is 5.32 Å². The molecule has 0 aliphatic carbocycles. The number of benzene rings is 1. The van der Waals surface area contributed by atoms with Crippen molar-refractivity contribution in [3.8, 4) is 0 Å². The summed E-state index contributed by atoms with van der Waals surface area (Å²) in [6, 6.07) is 7.83. The fourth-order valence-corrected chi connectivity index (χ4v) is 1.86. The highest BCUT2D eigenvalue weighted by atomic mass is 16.3. The molecule has 0 aliphatic heterocycles. The molecule has 0 amide bonds. The first kappa shape index (κ1) is 15.2. The highest BCUT2D eigenvalue weighted by Crippen LogP contribution is 2.26. The summed E-state index contributed by atoms with van der Waals surface area (Å²) in [5.41, 5.74) is 2.00. The third kappa shape index (κ3) is 4.09. The molecule has 0 saturated heterocycles. The molecular weight excluding hydrogens is 226 g/mol. The van der Waals surface area contributed by atoms with Gasteiger partial charge < -0.3 is 15.5 Å². The lowest BCUT2D eigenvalue weighted by atomic mass is 9.85. The van der Waals surface area contributed by atoms with Gasteiger partial charge in [-0.3, -0.25) is 0 Å². The lowest BCUT2D eigenvalue weighted by molar-refractivity contribution is 0.0139. The first-order valence-corrected chi connectivity index (χ1v) is 6.47. The first-order chi connectivity index (χ1) is 8.36. The molecule has 0 fully saturated rings.